The molecule has 22 heavy (non-hydrogen) atoms. The van der Waals surface area contributed by atoms with Crippen LogP contribution >= 0.6 is 11.3 Å². The van der Waals surface area contributed by atoms with Crippen molar-refractivity contribution in [2.24, 2.45) is 18.4 Å². The van der Waals surface area contributed by atoms with E-state index < -0.39 is 0 Å². The summed E-state index contributed by atoms with van der Waals surface area (Å²) in [5.41, 5.74) is 0.853. The Morgan fingerprint density at radius 2 is 2.32 bits per heavy atom. The molecule has 5 nitrogen and oxygen atoms in total. The highest BCUT2D eigenvalue weighted by Gasteiger charge is 2.61. The van der Waals surface area contributed by atoms with Crippen molar-refractivity contribution in [1.82, 2.24) is 9.78 Å². The minimum atomic E-state index is -0.218. The van der Waals surface area contributed by atoms with Crippen molar-refractivity contribution in [3.8, 4) is 0 Å². The Hall–Kier alpha value is -1.40. The standard InChI is InChI=1S/C16H20N2O3S/c1-8-10-7-11(22-14(10)18(4)17-8)15(19)21-13-9-5-6-20-12(9)16(13,2)3/h7,9,12-13H,5-6H2,1-4H3. The van der Waals surface area contributed by atoms with Gasteiger partial charge >= 0.3 is 5.97 Å². The van der Waals surface area contributed by atoms with E-state index in [0.29, 0.717) is 10.8 Å². The molecule has 1 saturated heterocycles. The smallest absolute Gasteiger partial charge is 0.348 e. The van der Waals surface area contributed by atoms with Crippen LogP contribution in [0.1, 0.15) is 35.6 Å². The van der Waals surface area contributed by atoms with E-state index in [1.807, 2.05) is 24.7 Å². The predicted octanol–water partition coefficient (Wildman–Crippen LogP) is 2.91. The van der Waals surface area contributed by atoms with Gasteiger partial charge in [0.05, 0.1) is 11.8 Å². The van der Waals surface area contributed by atoms with Gasteiger partial charge < -0.3 is 9.47 Å². The van der Waals surface area contributed by atoms with E-state index in [1.165, 1.54) is 11.3 Å². The van der Waals surface area contributed by atoms with E-state index in [0.717, 1.165) is 28.9 Å². The van der Waals surface area contributed by atoms with Crippen LogP contribution in [0.4, 0.5) is 0 Å². The number of carbonyl (C=O) groups is 1. The number of thiophene rings is 1. The third kappa shape index (κ3) is 1.80. The average Bonchev–Trinajstić information content (AvgIpc) is 3.14. The summed E-state index contributed by atoms with van der Waals surface area (Å²) in [5, 5.41) is 5.40. The number of ether oxygens (including phenoxy) is 2. The summed E-state index contributed by atoms with van der Waals surface area (Å²) in [7, 11) is 1.90. The normalized spacial score (nSPS) is 29.4. The van der Waals surface area contributed by atoms with Gasteiger partial charge in [0.15, 0.2) is 0 Å². The monoisotopic (exact) mass is 320 g/mol. The first-order chi connectivity index (χ1) is 10.4. The van der Waals surface area contributed by atoms with E-state index >= 15 is 0 Å². The molecule has 1 aliphatic carbocycles. The lowest BCUT2D eigenvalue weighted by atomic mass is 9.59. The fourth-order valence-electron chi connectivity index (χ4n) is 4.00. The maximum absolute atomic E-state index is 12.5. The van der Waals surface area contributed by atoms with Crippen LogP contribution in [0.25, 0.3) is 10.2 Å². The second-order valence-corrected chi connectivity index (χ2v) is 7.96. The lowest BCUT2D eigenvalue weighted by Gasteiger charge is -2.53. The zero-order chi connectivity index (χ0) is 15.6. The lowest BCUT2D eigenvalue weighted by molar-refractivity contribution is -0.183. The fraction of sp³-hybridized carbons (Fsp3) is 0.625. The Balaban J connectivity index is 1.57. The van der Waals surface area contributed by atoms with Crippen molar-refractivity contribution < 1.29 is 14.3 Å². The highest BCUT2D eigenvalue weighted by Crippen LogP contribution is 2.54. The molecule has 3 heterocycles. The third-order valence-corrected chi connectivity index (χ3v) is 6.31. The van der Waals surface area contributed by atoms with Gasteiger partial charge in [0.1, 0.15) is 15.8 Å². The molecule has 0 spiro atoms. The number of hydrogen-bond acceptors (Lipinski definition) is 5. The molecule has 2 fully saturated rings. The summed E-state index contributed by atoms with van der Waals surface area (Å²) < 4.78 is 13.4. The molecule has 2 aliphatic rings. The molecule has 4 rings (SSSR count). The van der Waals surface area contributed by atoms with Gasteiger partial charge in [-0.1, -0.05) is 13.8 Å². The minimum Gasteiger partial charge on any atom is -0.457 e. The van der Waals surface area contributed by atoms with Crippen LogP contribution in [0.5, 0.6) is 0 Å². The van der Waals surface area contributed by atoms with Crippen LogP contribution in [0.15, 0.2) is 6.07 Å². The third-order valence-electron chi connectivity index (χ3n) is 5.12. The number of aryl methyl sites for hydroxylation is 2. The SMILES string of the molecule is Cc1nn(C)c2sc(C(=O)OC3C4CCOC4C3(C)C)cc12. The number of nitrogens with zero attached hydrogens (tertiary/aromatic N) is 2. The Kier molecular flexibility index (Phi) is 2.94. The number of fused-ring (bicyclic) bond motifs is 2. The lowest BCUT2D eigenvalue weighted by Crippen LogP contribution is -2.61. The first kappa shape index (κ1) is 14.2. The summed E-state index contributed by atoms with van der Waals surface area (Å²) in [6, 6.07) is 1.90. The Morgan fingerprint density at radius 1 is 1.55 bits per heavy atom. The van der Waals surface area contributed by atoms with E-state index in [9.17, 15) is 4.79 Å². The van der Waals surface area contributed by atoms with Gasteiger partial charge in [-0.15, -0.1) is 11.3 Å². The second kappa shape index (κ2) is 4.55. The quantitative estimate of drug-likeness (QED) is 0.798. The van der Waals surface area contributed by atoms with Gasteiger partial charge in [0.25, 0.3) is 0 Å². The van der Waals surface area contributed by atoms with Crippen LogP contribution in [-0.2, 0) is 16.5 Å². The molecule has 0 bridgehead atoms. The number of aromatic nitrogens is 2. The first-order valence-electron chi connectivity index (χ1n) is 7.65. The molecule has 3 unspecified atom stereocenters. The van der Waals surface area contributed by atoms with Gasteiger partial charge in [0.2, 0.25) is 0 Å². The molecule has 0 radical (unpaired) electrons. The highest BCUT2D eigenvalue weighted by atomic mass is 32.1. The van der Waals surface area contributed by atoms with Crippen LogP contribution in [-0.4, -0.2) is 34.6 Å². The van der Waals surface area contributed by atoms with E-state index in [1.54, 1.807) is 0 Å². The second-order valence-electron chi connectivity index (χ2n) is 6.93. The summed E-state index contributed by atoms with van der Waals surface area (Å²) in [5.74, 6) is 0.140. The molecular weight excluding hydrogens is 300 g/mol. The molecule has 118 valence electrons. The molecule has 1 aliphatic heterocycles. The average molecular weight is 320 g/mol. The minimum absolute atomic E-state index is 0.0445. The van der Waals surface area contributed by atoms with Gasteiger partial charge in [-0.3, -0.25) is 4.68 Å². The van der Waals surface area contributed by atoms with Gasteiger partial charge in [-0.25, -0.2) is 4.79 Å². The highest BCUT2D eigenvalue weighted by molar-refractivity contribution is 7.20. The van der Waals surface area contributed by atoms with Crippen LogP contribution in [0.3, 0.4) is 0 Å². The topological polar surface area (TPSA) is 53.4 Å². The van der Waals surface area contributed by atoms with Crippen molar-refractivity contribution in [2.75, 3.05) is 6.61 Å². The summed E-state index contributed by atoms with van der Waals surface area (Å²) >= 11 is 1.45. The van der Waals surface area contributed by atoms with Crippen LogP contribution in [0, 0.1) is 18.3 Å². The van der Waals surface area contributed by atoms with Crippen LogP contribution < -0.4 is 0 Å². The first-order valence-corrected chi connectivity index (χ1v) is 8.47. The number of carbonyl (C=O) groups excluding carboxylic acids is 1. The molecular formula is C16H20N2O3S. The molecule has 0 aromatic carbocycles. The van der Waals surface area contributed by atoms with Gasteiger partial charge in [-0.05, 0) is 19.4 Å². The molecule has 0 amide bonds. The zero-order valence-electron chi connectivity index (χ0n) is 13.3. The summed E-state index contributed by atoms with van der Waals surface area (Å²) in [4.78, 5) is 14.2. The number of rotatable bonds is 2. The van der Waals surface area contributed by atoms with E-state index in [-0.39, 0.29) is 23.6 Å². The Morgan fingerprint density at radius 3 is 3.05 bits per heavy atom. The number of hydrogen-bond donors (Lipinski definition) is 0. The Bertz CT molecular complexity index is 726. The Labute approximate surface area is 133 Å². The van der Waals surface area contributed by atoms with Crippen molar-refractivity contribution in [3.05, 3.63) is 16.6 Å². The summed E-state index contributed by atoms with van der Waals surface area (Å²) in [6.45, 7) is 6.98. The molecule has 2 aromatic rings. The van der Waals surface area contributed by atoms with E-state index in [4.69, 9.17) is 9.47 Å². The molecule has 6 heteroatoms. The van der Waals surface area contributed by atoms with Crippen molar-refractivity contribution >= 4 is 27.5 Å². The maximum Gasteiger partial charge on any atom is 0.348 e. The van der Waals surface area contributed by atoms with Crippen LogP contribution in [0.2, 0.25) is 0 Å². The maximum atomic E-state index is 12.5. The fourth-order valence-corrected chi connectivity index (χ4v) is 5.00. The zero-order valence-corrected chi connectivity index (χ0v) is 14.1. The molecule has 3 atom stereocenters. The molecule has 2 aromatic heterocycles. The number of esters is 1. The van der Waals surface area contributed by atoms with Crippen molar-refractivity contribution in [2.45, 2.75) is 39.4 Å². The molecule has 1 saturated carbocycles. The predicted molar refractivity (Wildman–Crippen MR) is 84.2 cm³/mol. The largest absolute Gasteiger partial charge is 0.457 e. The molecule has 0 N–H and O–H groups in total. The summed E-state index contributed by atoms with van der Waals surface area (Å²) in [6.07, 6.45) is 1.18. The van der Waals surface area contributed by atoms with E-state index in [2.05, 4.69) is 18.9 Å². The van der Waals surface area contributed by atoms with Crippen molar-refractivity contribution in [3.63, 3.8) is 0 Å². The van der Waals surface area contributed by atoms with Gasteiger partial charge in [0, 0.05) is 30.4 Å². The van der Waals surface area contributed by atoms with Gasteiger partial charge in [-0.2, -0.15) is 5.10 Å². The van der Waals surface area contributed by atoms with Crippen molar-refractivity contribution in [1.29, 1.82) is 0 Å².